The molecule has 3 heterocycles. The number of hydrogen-bond donors (Lipinski definition) is 1. The monoisotopic (exact) mass is 893 g/mol. The molecular formula is C47H58IrNO4-. The second-order valence-corrected chi connectivity index (χ2v) is 16.5. The van der Waals surface area contributed by atoms with E-state index in [-0.39, 0.29) is 47.9 Å². The molecule has 3 aromatic heterocycles. The van der Waals surface area contributed by atoms with Gasteiger partial charge in [-0.15, -0.1) is 29.1 Å². The molecule has 0 aliphatic carbocycles. The summed E-state index contributed by atoms with van der Waals surface area (Å²) in [7, 11) is 0. The predicted octanol–water partition coefficient (Wildman–Crippen LogP) is 13.8. The number of carbonyl (C=O) groups is 1. The molecule has 0 atom stereocenters. The van der Waals surface area contributed by atoms with Crippen molar-refractivity contribution in [3.05, 3.63) is 89.5 Å². The summed E-state index contributed by atoms with van der Waals surface area (Å²) >= 11 is 0. The number of furan rings is 2. The molecule has 0 saturated carbocycles. The zero-order chi connectivity index (χ0) is 38.2. The van der Waals surface area contributed by atoms with Gasteiger partial charge in [0, 0.05) is 71.5 Å². The largest absolute Gasteiger partial charge is 0.512 e. The van der Waals surface area contributed by atoms with Crippen LogP contribution in [0.4, 0.5) is 0 Å². The fraction of sp³-hybridized carbons (Fsp3) is 0.447. The Hall–Kier alpha value is -3.73. The van der Waals surface area contributed by atoms with Gasteiger partial charge in [-0.1, -0.05) is 105 Å². The average molecular weight is 893 g/mol. The molecular weight excluding hydrogens is 835 g/mol. The first-order valence-corrected chi connectivity index (χ1v) is 19.1. The van der Waals surface area contributed by atoms with E-state index in [1.807, 2.05) is 53.8 Å². The normalized spacial score (nSPS) is 12.8. The van der Waals surface area contributed by atoms with Crippen LogP contribution in [-0.2, 0) is 36.7 Å². The van der Waals surface area contributed by atoms with Gasteiger partial charge >= 0.3 is 0 Å². The number of hydrogen-bond acceptors (Lipinski definition) is 5. The summed E-state index contributed by atoms with van der Waals surface area (Å²) in [6.07, 6.45) is 7.54. The first kappa shape index (κ1) is 42.0. The standard InChI is InChI=1S/C32H30NO2.C15H28O2.Ir/c1-18(2)15-27-19(3)22-11-12-24-25-13-14-33-28(29(25)35-31(24)30(22)34-27)21-16-20-9-7-8-10-23(20)26(17-21)32(4,5)6;1-7-14(5,8-2)12(16)11-13(17)15(6,9-3)10-4;/h7-14,17-18H,15H2,1-6H3;11,16H,7-10H2,1-6H3;/q-1;;/b;12-11-;. The molecule has 6 rings (SSSR count). The summed E-state index contributed by atoms with van der Waals surface area (Å²) in [4.78, 5) is 17.0. The Balaban J connectivity index is 0.000000299. The van der Waals surface area contributed by atoms with E-state index in [1.165, 1.54) is 22.6 Å². The summed E-state index contributed by atoms with van der Waals surface area (Å²) in [6, 6.07) is 20.6. The molecule has 0 saturated heterocycles. The molecule has 1 N–H and O–H groups in total. The van der Waals surface area contributed by atoms with Crippen LogP contribution in [-0.4, -0.2) is 15.9 Å². The SMILES string of the molecule is CCC(C)(CC)C(=O)/C=C(\O)C(C)(CC)CC.Cc1c(CC(C)C)oc2c1ccc1c3ccnc(-c4[c-]c5ccccc5c(C(C)(C)C)c4)c3oc12.[Ir]. The zero-order valence-corrected chi connectivity index (χ0v) is 36.2. The Bertz CT molecular complexity index is 2250. The third-order valence-corrected chi connectivity index (χ3v) is 11.6. The van der Waals surface area contributed by atoms with Crippen LogP contribution in [0.1, 0.15) is 119 Å². The van der Waals surface area contributed by atoms with Crippen molar-refractivity contribution in [1.82, 2.24) is 4.98 Å². The van der Waals surface area contributed by atoms with Gasteiger partial charge in [0.2, 0.25) is 0 Å². The number of rotatable bonds is 10. The molecule has 53 heavy (non-hydrogen) atoms. The third kappa shape index (κ3) is 8.20. The van der Waals surface area contributed by atoms with E-state index in [0.29, 0.717) is 5.92 Å². The van der Waals surface area contributed by atoms with Gasteiger partial charge in [0.05, 0.1) is 0 Å². The Kier molecular flexibility index (Phi) is 12.9. The number of allylic oxidation sites excluding steroid dienone is 2. The van der Waals surface area contributed by atoms with Crippen molar-refractivity contribution in [1.29, 1.82) is 0 Å². The van der Waals surface area contributed by atoms with Crippen molar-refractivity contribution in [3.63, 3.8) is 0 Å². The van der Waals surface area contributed by atoms with E-state index in [0.717, 1.165) is 87.4 Å². The summed E-state index contributed by atoms with van der Waals surface area (Å²) < 4.78 is 13.0. The van der Waals surface area contributed by atoms with Crippen LogP contribution < -0.4 is 0 Å². The fourth-order valence-electron chi connectivity index (χ4n) is 6.91. The molecule has 0 fully saturated rings. The second-order valence-electron chi connectivity index (χ2n) is 16.5. The van der Waals surface area contributed by atoms with Crippen LogP contribution in [0.5, 0.6) is 0 Å². The van der Waals surface area contributed by atoms with E-state index in [9.17, 15) is 9.90 Å². The van der Waals surface area contributed by atoms with Crippen molar-refractivity contribution < 1.29 is 38.8 Å². The van der Waals surface area contributed by atoms with Crippen LogP contribution in [0.25, 0.3) is 54.9 Å². The van der Waals surface area contributed by atoms with Gasteiger partial charge in [0.1, 0.15) is 17.1 Å². The number of aliphatic hydroxyl groups excluding tert-OH is 1. The number of carbonyl (C=O) groups excluding carboxylic acids is 1. The maximum absolute atomic E-state index is 12.2. The molecule has 285 valence electrons. The van der Waals surface area contributed by atoms with Crippen molar-refractivity contribution in [2.45, 2.75) is 121 Å². The van der Waals surface area contributed by atoms with E-state index in [4.69, 9.17) is 13.8 Å². The van der Waals surface area contributed by atoms with Gasteiger partial charge in [0.25, 0.3) is 0 Å². The van der Waals surface area contributed by atoms with E-state index in [1.54, 1.807) is 0 Å². The number of pyridine rings is 1. The van der Waals surface area contributed by atoms with Crippen molar-refractivity contribution in [2.75, 3.05) is 0 Å². The minimum Gasteiger partial charge on any atom is -0.512 e. The molecule has 0 aliphatic heterocycles. The van der Waals surface area contributed by atoms with Gasteiger partial charge in [-0.2, -0.15) is 0 Å². The molecule has 1 radical (unpaired) electrons. The van der Waals surface area contributed by atoms with Gasteiger partial charge in [-0.05, 0) is 67.7 Å². The minimum absolute atomic E-state index is 0. The molecule has 5 nitrogen and oxygen atoms in total. The number of aliphatic hydroxyl groups is 1. The smallest absolute Gasteiger partial charge is 0.177 e. The van der Waals surface area contributed by atoms with E-state index < -0.39 is 0 Å². The minimum atomic E-state index is -0.337. The van der Waals surface area contributed by atoms with Crippen molar-refractivity contribution in [3.8, 4) is 11.3 Å². The molecule has 0 amide bonds. The average Bonchev–Trinajstić information content (AvgIpc) is 3.66. The van der Waals surface area contributed by atoms with Crippen molar-refractivity contribution >= 4 is 49.5 Å². The number of ketones is 1. The van der Waals surface area contributed by atoms with Crippen molar-refractivity contribution in [2.24, 2.45) is 16.7 Å². The van der Waals surface area contributed by atoms with E-state index in [2.05, 4.69) is 90.1 Å². The third-order valence-electron chi connectivity index (χ3n) is 11.6. The first-order valence-electron chi connectivity index (χ1n) is 19.1. The number of benzene rings is 3. The number of nitrogens with zero attached hydrogens (tertiary/aromatic N) is 1. The quantitative estimate of drug-likeness (QED) is 0.0842. The van der Waals surface area contributed by atoms with Gasteiger partial charge in [0.15, 0.2) is 16.9 Å². The molecule has 0 unspecified atom stereocenters. The van der Waals surface area contributed by atoms with Gasteiger partial charge in [-0.25, -0.2) is 0 Å². The van der Waals surface area contributed by atoms with Crippen LogP contribution in [0.3, 0.4) is 0 Å². The molecule has 0 aliphatic rings. The molecule has 6 aromatic rings. The first-order chi connectivity index (χ1) is 24.5. The van der Waals surface area contributed by atoms with E-state index >= 15 is 0 Å². The Labute approximate surface area is 330 Å². The molecule has 6 heteroatoms. The Morgan fingerprint density at radius 1 is 0.811 bits per heavy atom. The Morgan fingerprint density at radius 2 is 1.40 bits per heavy atom. The van der Waals surface area contributed by atoms with Crippen LogP contribution in [0.2, 0.25) is 0 Å². The molecule has 3 aromatic carbocycles. The molecule has 0 spiro atoms. The predicted molar refractivity (Wildman–Crippen MR) is 218 cm³/mol. The summed E-state index contributed by atoms with van der Waals surface area (Å²) in [5.74, 6) is 1.85. The maximum atomic E-state index is 12.2. The maximum Gasteiger partial charge on any atom is 0.177 e. The zero-order valence-electron chi connectivity index (χ0n) is 33.8. The summed E-state index contributed by atoms with van der Waals surface area (Å²) in [6.45, 7) is 25.4. The summed E-state index contributed by atoms with van der Waals surface area (Å²) in [5.41, 5.74) is 6.02. The number of fused-ring (bicyclic) bond motifs is 6. The van der Waals surface area contributed by atoms with Crippen LogP contribution >= 0.6 is 0 Å². The number of aromatic nitrogens is 1. The topological polar surface area (TPSA) is 76.5 Å². The Morgan fingerprint density at radius 3 is 2.00 bits per heavy atom. The van der Waals surface area contributed by atoms with Gasteiger partial charge in [-0.3, -0.25) is 9.78 Å². The van der Waals surface area contributed by atoms with Crippen LogP contribution in [0.15, 0.2) is 75.4 Å². The molecule has 0 bridgehead atoms. The summed E-state index contributed by atoms with van der Waals surface area (Å²) in [5, 5.41) is 15.7. The fourth-order valence-corrected chi connectivity index (χ4v) is 6.91. The van der Waals surface area contributed by atoms with Gasteiger partial charge < -0.3 is 13.9 Å². The van der Waals surface area contributed by atoms with Crippen LogP contribution in [0, 0.1) is 29.7 Å². The second kappa shape index (κ2) is 16.3. The number of aryl methyl sites for hydroxylation is 1.